The van der Waals surface area contributed by atoms with Gasteiger partial charge in [-0.1, -0.05) is 12.1 Å². The summed E-state index contributed by atoms with van der Waals surface area (Å²) in [6.45, 7) is 0. The first-order valence-corrected chi connectivity index (χ1v) is 8.91. The van der Waals surface area contributed by atoms with Gasteiger partial charge in [-0.2, -0.15) is 26.3 Å². The molecule has 4 nitrogen and oxygen atoms in total. The second-order valence-electron chi connectivity index (χ2n) is 6.91. The molecule has 1 aliphatic rings. The Balaban J connectivity index is 1.95. The Bertz CT molecular complexity index is 947. The van der Waals surface area contributed by atoms with Gasteiger partial charge in [0.25, 0.3) is 5.91 Å². The van der Waals surface area contributed by atoms with Gasteiger partial charge in [0, 0.05) is 11.6 Å². The molecule has 31 heavy (non-hydrogen) atoms. The van der Waals surface area contributed by atoms with Gasteiger partial charge in [0.05, 0.1) is 16.7 Å². The largest absolute Gasteiger partial charge is 0.444 e. The summed E-state index contributed by atoms with van der Waals surface area (Å²) in [5.74, 6) is -3.06. The summed E-state index contributed by atoms with van der Waals surface area (Å²) in [5.41, 5.74) is -4.44. The fourth-order valence-electron chi connectivity index (χ4n) is 2.66. The number of ether oxygens (including phenoxy) is 1. The Morgan fingerprint density at radius 1 is 0.903 bits per heavy atom. The van der Waals surface area contributed by atoms with Crippen LogP contribution in [0, 0.1) is 5.82 Å². The lowest BCUT2D eigenvalue weighted by molar-refractivity contribution is -0.143. The summed E-state index contributed by atoms with van der Waals surface area (Å²) in [7, 11) is 0. The number of alkyl halides is 6. The Morgan fingerprint density at radius 2 is 1.42 bits per heavy atom. The fraction of sp³-hybridized carbons (Fsp3) is 0.300. The van der Waals surface area contributed by atoms with Gasteiger partial charge in [-0.05, 0) is 43.2 Å². The van der Waals surface area contributed by atoms with Gasteiger partial charge in [-0.25, -0.2) is 9.18 Å². The van der Waals surface area contributed by atoms with Crippen LogP contribution < -0.4 is 5.32 Å². The predicted molar refractivity (Wildman–Crippen MR) is 92.2 cm³/mol. The second kappa shape index (κ2) is 8.20. The van der Waals surface area contributed by atoms with Crippen molar-refractivity contribution in [1.82, 2.24) is 5.32 Å². The molecule has 11 heteroatoms. The third kappa shape index (κ3) is 5.74. The third-order valence-electron chi connectivity index (χ3n) is 4.38. The van der Waals surface area contributed by atoms with Gasteiger partial charge >= 0.3 is 18.3 Å². The molecule has 1 atom stereocenters. The Kier molecular flexibility index (Phi) is 5.97. The van der Waals surface area contributed by atoms with Crippen LogP contribution in [0.4, 0.5) is 30.7 Å². The molecular formula is C20H14F7NO3. The zero-order valence-corrected chi connectivity index (χ0v) is 15.5. The minimum absolute atomic E-state index is 0.00378. The highest BCUT2D eigenvalue weighted by atomic mass is 19.4. The summed E-state index contributed by atoms with van der Waals surface area (Å²) >= 11 is 0. The molecule has 1 saturated carbocycles. The lowest BCUT2D eigenvalue weighted by atomic mass is 10.0. The summed E-state index contributed by atoms with van der Waals surface area (Å²) in [6.07, 6.45) is -10.7. The van der Waals surface area contributed by atoms with Crippen molar-refractivity contribution in [2.24, 2.45) is 0 Å². The molecule has 1 aliphatic carbocycles. The van der Waals surface area contributed by atoms with Gasteiger partial charge in [0.15, 0.2) is 0 Å². The number of carbonyl (C=O) groups is 2. The first kappa shape index (κ1) is 22.6. The third-order valence-corrected chi connectivity index (χ3v) is 4.38. The molecule has 1 amide bonds. The number of halogens is 7. The standard InChI is InChI=1S/C20H14F7NO3/c21-14-3-1-10(2-4-14)16(17(29)28-15-5-6-15)31-18(30)11-7-12(19(22,23)24)9-13(8-11)20(25,26)27/h1-4,7-9,15-16H,5-6H2,(H,28,29)/t16-/m1/s1. The number of rotatable bonds is 5. The maximum Gasteiger partial charge on any atom is 0.416 e. The van der Waals surface area contributed by atoms with Gasteiger partial charge in [0.2, 0.25) is 6.10 Å². The number of benzene rings is 2. The number of esters is 1. The van der Waals surface area contributed by atoms with Crippen molar-refractivity contribution in [2.45, 2.75) is 37.3 Å². The lowest BCUT2D eigenvalue weighted by Crippen LogP contribution is -2.33. The zero-order chi connectivity index (χ0) is 23.0. The van der Waals surface area contributed by atoms with Crippen molar-refractivity contribution < 1.29 is 45.1 Å². The van der Waals surface area contributed by atoms with Crippen LogP contribution in [0.1, 0.15) is 46.0 Å². The van der Waals surface area contributed by atoms with Crippen molar-refractivity contribution in [1.29, 1.82) is 0 Å². The number of amides is 1. The summed E-state index contributed by atoms with van der Waals surface area (Å²) in [5, 5.41) is 2.53. The van der Waals surface area contributed by atoms with Crippen molar-refractivity contribution >= 4 is 11.9 Å². The lowest BCUT2D eigenvalue weighted by Gasteiger charge is -2.19. The van der Waals surface area contributed by atoms with Crippen LogP contribution in [0.5, 0.6) is 0 Å². The molecule has 2 aromatic rings. The smallest absolute Gasteiger partial charge is 0.416 e. The van der Waals surface area contributed by atoms with Gasteiger partial charge in [-0.3, -0.25) is 4.79 Å². The summed E-state index contributed by atoms with van der Waals surface area (Å²) in [6, 6.07) is 4.27. The molecule has 0 aromatic heterocycles. The first-order chi connectivity index (χ1) is 14.3. The molecule has 0 spiro atoms. The normalized spacial score (nSPS) is 15.3. The Hall–Kier alpha value is -3.11. The zero-order valence-electron chi connectivity index (χ0n) is 15.5. The molecule has 166 valence electrons. The van der Waals surface area contributed by atoms with E-state index in [4.69, 9.17) is 4.74 Å². The molecule has 2 aromatic carbocycles. The molecule has 0 radical (unpaired) electrons. The fourth-order valence-corrected chi connectivity index (χ4v) is 2.66. The maximum absolute atomic E-state index is 13.2. The maximum atomic E-state index is 13.2. The summed E-state index contributed by atoms with van der Waals surface area (Å²) < 4.78 is 96.3. The first-order valence-electron chi connectivity index (χ1n) is 8.91. The molecule has 1 fully saturated rings. The topological polar surface area (TPSA) is 55.4 Å². The molecule has 0 unspecified atom stereocenters. The predicted octanol–water partition coefficient (Wildman–Crippen LogP) is 5.04. The second-order valence-corrected chi connectivity index (χ2v) is 6.91. The van der Waals surface area contributed by atoms with Crippen molar-refractivity contribution in [2.75, 3.05) is 0 Å². The van der Waals surface area contributed by atoms with Crippen molar-refractivity contribution in [3.63, 3.8) is 0 Å². The van der Waals surface area contributed by atoms with Crippen LogP contribution >= 0.6 is 0 Å². The van der Waals surface area contributed by atoms with E-state index in [-0.39, 0.29) is 29.8 Å². The van der Waals surface area contributed by atoms with Gasteiger partial charge in [0.1, 0.15) is 5.82 Å². The molecule has 0 heterocycles. The minimum atomic E-state index is -5.16. The Labute approximate surface area is 171 Å². The quantitative estimate of drug-likeness (QED) is 0.514. The molecule has 0 aliphatic heterocycles. The number of hydrogen-bond acceptors (Lipinski definition) is 3. The summed E-state index contributed by atoms with van der Waals surface area (Å²) in [4.78, 5) is 24.9. The Morgan fingerprint density at radius 3 is 1.87 bits per heavy atom. The highest BCUT2D eigenvalue weighted by Crippen LogP contribution is 2.37. The molecular weight excluding hydrogens is 435 g/mol. The molecule has 3 rings (SSSR count). The van der Waals surface area contributed by atoms with Crippen molar-refractivity contribution in [3.05, 3.63) is 70.5 Å². The van der Waals surface area contributed by atoms with E-state index in [2.05, 4.69) is 5.32 Å². The van der Waals surface area contributed by atoms with Crippen LogP contribution in [0.25, 0.3) is 0 Å². The highest BCUT2D eigenvalue weighted by Gasteiger charge is 2.38. The van der Waals surface area contributed by atoms with E-state index in [0.29, 0.717) is 12.8 Å². The average molecular weight is 449 g/mol. The number of hydrogen-bond donors (Lipinski definition) is 1. The van der Waals surface area contributed by atoms with E-state index in [1.54, 1.807) is 0 Å². The molecule has 1 N–H and O–H groups in total. The van der Waals surface area contributed by atoms with E-state index in [0.717, 1.165) is 24.3 Å². The van der Waals surface area contributed by atoms with E-state index in [9.17, 15) is 40.3 Å². The van der Waals surface area contributed by atoms with Crippen LogP contribution in [-0.2, 0) is 21.9 Å². The van der Waals surface area contributed by atoms with Crippen LogP contribution in [0.2, 0.25) is 0 Å². The van der Waals surface area contributed by atoms with E-state index < -0.39 is 52.8 Å². The molecule has 0 bridgehead atoms. The molecule has 0 saturated heterocycles. The van der Waals surface area contributed by atoms with E-state index in [1.807, 2.05) is 0 Å². The number of nitrogens with one attached hydrogen (secondary N) is 1. The average Bonchev–Trinajstić information content (AvgIpc) is 3.49. The van der Waals surface area contributed by atoms with E-state index >= 15 is 0 Å². The van der Waals surface area contributed by atoms with E-state index in [1.165, 1.54) is 0 Å². The highest BCUT2D eigenvalue weighted by molar-refractivity contribution is 5.93. The monoisotopic (exact) mass is 449 g/mol. The van der Waals surface area contributed by atoms with Crippen molar-refractivity contribution in [3.8, 4) is 0 Å². The minimum Gasteiger partial charge on any atom is -0.444 e. The van der Waals surface area contributed by atoms with Crippen LogP contribution in [0.15, 0.2) is 42.5 Å². The van der Waals surface area contributed by atoms with Gasteiger partial charge in [-0.15, -0.1) is 0 Å². The number of carbonyl (C=O) groups excluding carboxylic acids is 2. The van der Waals surface area contributed by atoms with Crippen LogP contribution in [-0.4, -0.2) is 17.9 Å². The van der Waals surface area contributed by atoms with Gasteiger partial charge < -0.3 is 10.1 Å². The van der Waals surface area contributed by atoms with Crippen LogP contribution in [0.3, 0.4) is 0 Å². The SMILES string of the molecule is O=C(O[C@@H](C(=O)NC1CC1)c1ccc(F)cc1)c1cc(C(F)(F)F)cc(C(F)(F)F)c1.